The Morgan fingerprint density at radius 3 is 2.48 bits per heavy atom. The van der Waals surface area contributed by atoms with Crippen molar-refractivity contribution in [3.8, 4) is 5.88 Å². The summed E-state index contributed by atoms with van der Waals surface area (Å²) in [5.74, 6) is 1.53. The summed E-state index contributed by atoms with van der Waals surface area (Å²) >= 11 is 0. The number of anilines is 1. The first-order chi connectivity index (χ1) is 10.0. The van der Waals surface area contributed by atoms with Crippen LogP contribution in [0, 0.1) is 0 Å². The van der Waals surface area contributed by atoms with E-state index in [1.807, 2.05) is 24.3 Å². The summed E-state index contributed by atoms with van der Waals surface area (Å²) in [6.07, 6.45) is 2.02. The quantitative estimate of drug-likeness (QED) is 0.803. The number of nitrogens with zero attached hydrogens (tertiary/aromatic N) is 1. The number of ether oxygens (including phenoxy) is 1. The van der Waals surface area contributed by atoms with Gasteiger partial charge in [0.2, 0.25) is 5.88 Å². The Balaban J connectivity index is 1.79. The molecule has 0 saturated carbocycles. The molecule has 3 heteroatoms. The normalized spacial score (nSPS) is 11.2. The molecule has 0 atom stereocenters. The third kappa shape index (κ3) is 5.86. The maximum atomic E-state index is 5.73. The average molecular weight is 284 g/mol. The fraction of sp³-hybridized carbons (Fsp3) is 0.389. The van der Waals surface area contributed by atoms with Crippen LogP contribution in [-0.2, 0) is 6.42 Å². The van der Waals surface area contributed by atoms with E-state index in [2.05, 4.69) is 55.3 Å². The molecule has 1 N–H and O–H groups in total. The molecule has 0 aliphatic heterocycles. The van der Waals surface area contributed by atoms with Gasteiger partial charge in [0.05, 0.1) is 6.61 Å². The molecule has 1 aromatic carbocycles. The van der Waals surface area contributed by atoms with Crippen LogP contribution in [0.4, 0.5) is 5.82 Å². The summed E-state index contributed by atoms with van der Waals surface area (Å²) in [5, 5.41) is 3.35. The molecule has 1 aromatic heterocycles. The predicted molar refractivity (Wildman–Crippen MR) is 87.9 cm³/mol. The van der Waals surface area contributed by atoms with Crippen LogP contribution in [0.5, 0.6) is 5.88 Å². The van der Waals surface area contributed by atoms with Gasteiger partial charge in [0.25, 0.3) is 0 Å². The highest BCUT2D eigenvalue weighted by Gasteiger charge is 2.10. The number of hydrogen-bond acceptors (Lipinski definition) is 3. The molecule has 112 valence electrons. The van der Waals surface area contributed by atoms with Crippen LogP contribution in [0.3, 0.4) is 0 Å². The SMILES string of the molecule is CC(C)(C)Nc1cccc(OCCCc2ccccc2)n1. The van der Waals surface area contributed by atoms with Gasteiger partial charge in [-0.15, -0.1) is 0 Å². The Bertz CT molecular complexity index is 547. The maximum Gasteiger partial charge on any atom is 0.215 e. The van der Waals surface area contributed by atoms with Crippen LogP contribution >= 0.6 is 0 Å². The lowest BCUT2D eigenvalue weighted by Crippen LogP contribution is -2.26. The molecule has 2 rings (SSSR count). The monoisotopic (exact) mass is 284 g/mol. The third-order valence-electron chi connectivity index (χ3n) is 2.93. The Kier molecular flexibility index (Phi) is 5.20. The van der Waals surface area contributed by atoms with Crippen LogP contribution in [0.25, 0.3) is 0 Å². The summed E-state index contributed by atoms with van der Waals surface area (Å²) in [6.45, 7) is 7.02. The van der Waals surface area contributed by atoms with E-state index >= 15 is 0 Å². The van der Waals surface area contributed by atoms with E-state index in [1.165, 1.54) is 5.56 Å². The zero-order chi connectivity index (χ0) is 15.1. The Hall–Kier alpha value is -2.03. The first-order valence-electron chi connectivity index (χ1n) is 7.45. The minimum absolute atomic E-state index is 0.00106. The number of nitrogens with one attached hydrogen (secondary N) is 1. The largest absolute Gasteiger partial charge is 0.478 e. The molecule has 0 unspecified atom stereocenters. The van der Waals surface area contributed by atoms with Crippen molar-refractivity contribution in [3.05, 3.63) is 54.1 Å². The summed E-state index contributed by atoms with van der Waals surface area (Å²) in [5.41, 5.74) is 1.34. The number of rotatable bonds is 6. The lowest BCUT2D eigenvalue weighted by Gasteiger charge is -2.21. The van der Waals surface area contributed by atoms with Crippen LogP contribution in [0.1, 0.15) is 32.8 Å². The Morgan fingerprint density at radius 1 is 1.00 bits per heavy atom. The van der Waals surface area contributed by atoms with Gasteiger partial charge in [-0.05, 0) is 45.2 Å². The fourth-order valence-electron chi connectivity index (χ4n) is 2.05. The number of aromatic nitrogens is 1. The smallest absolute Gasteiger partial charge is 0.215 e. The van der Waals surface area contributed by atoms with Gasteiger partial charge in [-0.2, -0.15) is 4.98 Å². The lowest BCUT2D eigenvalue weighted by atomic mass is 10.1. The van der Waals surface area contributed by atoms with E-state index < -0.39 is 0 Å². The molecule has 0 saturated heterocycles. The Labute approximate surface area is 127 Å². The highest BCUT2D eigenvalue weighted by Crippen LogP contribution is 2.16. The average Bonchev–Trinajstić information content (AvgIpc) is 2.43. The summed E-state index contributed by atoms with van der Waals surface area (Å²) < 4.78 is 5.73. The molecule has 2 aromatic rings. The first kappa shape index (κ1) is 15.4. The minimum atomic E-state index is -0.00106. The maximum absolute atomic E-state index is 5.73. The molecule has 21 heavy (non-hydrogen) atoms. The molecular formula is C18H24N2O. The molecular weight excluding hydrogens is 260 g/mol. The standard InChI is InChI=1S/C18H24N2O/c1-18(2,3)20-16-12-7-13-17(19-16)21-14-8-11-15-9-5-4-6-10-15/h4-7,9-10,12-13H,8,11,14H2,1-3H3,(H,19,20). The van der Waals surface area contributed by atoms with Gasteiger partial charge in [-0.3, -0.25) is 0 Å². The molecule has 0 spiro atoms. The second-order valence-corrected chi connectivity index (χ2v) is 6.17. The van der Waals surface area contributed by atoms with E-state index in [9.17, 15) is 0 Å². The van der Waals surface area contributed by atoms with Crippen molar-refractivity contribution >= 4 is 5.82 Å². The number of benzene rings is 1. The zero-order valence-electron chi connectivity index (χ0n) is 13.1. The topological polar surface area (TPSA) is 34.1 Å². The van der Waals surface area contributed by atoms with Crippen molar-refractivity contribution in [2.45, 2.75) is 39.2 Å². The summed E-state index contributed by atoms with van der Waals surface area (Å²) in [6, 6.07) is 16.3. The van der Waals surface area contributed by atoms with Crippen molar-refractivity contribution in [1.29, 1.82) is 0 Å². The predicted octanol–water partition coefficient (Wildman–Crippen LogP) is 4.30. The van der Waals surface area contributed by atoms with Crippen molar-refractivity contribution in [2.24, 2.45) is 0 Å². The molecule has 0 radical (unpaired) electrons. The van der Waals surface area contributed by atoms with Crippen LogP contribution in [0.15, 0.2) is 48.5 Å². The van der Waals surface area contributed by atoms with Gasteiger partial charge in [-0.25, -0.2) is 0 Å². The van der Waals surface area contributed by atoms with Gasteiger partial charge in [0.1, 0.15) is 5.82 Å². The number of aryl methyl sites for hydroxylation is 1. The van der Waals surface area contributed by atoms with Gasteiger partial charge in [0, 0.05) is 11.6 Å². The van der Waals surface area contributed by atoms with Crippen LogP contribution < -0.4 is 10.1 Å². The number of pyridine rings is 1. The second kappa shape index (κ2) is 7.11. The van der Waals surface area contributed by atoms with E-state index in [0.717, 1.165) is 18.7 Å². The fourth-order valence-corrected chi connectivity index (χ4v) is 2.05. The van der Waals surface area contributed by atoms with Crippen molar-refractivity contribution < 1.29 is 4.74 Å². The molecule has 0 amide bonds. The van der Waals surface area contributed by atoms with Gasteiger partial charge < -0.3 is 10.1 Å². The Morgan fingerprint density at radius 2 is 1.76 bits per heavy atom. The summed E-state index contributed by atoms with van der Waals surface area (Å²) in [4.78, 5) is 4.47. The van der Waals surface area contributed by atoms with Crippen LogP contribution in [-0.4, -0.2) is 17.1 Å². The molecule has 0 bridgehead atoms. The van der Waals surface area contributed by atoms with Gasteiger partial charge >= 0.3 is 0 Å². The van der Waals surface area contributed by atoms with Gasteiger partial charge in [0.15, 0.2) is 0 Å². The van der Waals surface area contributed by atoms with Crippen molar-refractivity contribution in [3.63, 3.8) is 0 Å². The molecule has 0 aliphatic rings. The van der Waals surface area contributed by atoms with Crippen LogP contribution in [0.2, 0.25) is 0 Å². The van der Waals surface area contributed by atoms with Gasteiger partial charge in [-0.1, -0.05) is 36.4 Å². The number of hydrogen-bond donors (Lipinski definition) is 1. The minimum Gasteiger partial charge on any atom is -0.478 e. The molecule has 1 heterocycles. The zero-order valence-corrected chi connectivity index (χ0v) is 13.1. The third-order valence-corrected chi connectivity index (χ3v) is 2.93. The van der Waals surface area contributed by atoms with E-state index in [1.54, 1.807) is 0 Å². The summed E-state index contributed by atoms with van der Waals surface area (Å²) in [7, 11) is 0. The first-order valence-corrected chi connectivity index (χ1v) is 7.45. The highest BCUT2D eigenvalue weighted by molar-refractivity contribution is 5.39. The second-order valence-electron chi connectivity index (χ2n) is 6.17. The van der Waals surface area contributed by atoms with Crippen molar-refractivity contribution in [1.82, 2.24) is 4.98 Å². The van der Waals surface area contributed by atoms with E-state index in [4.69, 9.17) is 4.74 Å². The van der Waals surface area contributed by atoms with Crippen molar-refractivity contribution in [2.75, 3.05) is 11.9 Å². The molecule has 3 nitrogen and oxygen atoms in total. The molecule has 0 aliphatic carbocycles. The molecule has 0 fully saturated rings. The van der Waals surface area contributed by atoms with E-state index in [-0.39, 0.29) is 5.54 Å². The lowest BCUT2D eigenvalue weighted by molar-refractivity contribution is 0.299. The highest BCUT2D eigenvalue weighted by atomic mass is 16.5. The van der Waals surface area contributed by atoms with E-state index in [0.29, 0.717) is 12.5 Å².